The summed E-state index contributed by atoms with van der Waals surface area (Å²) in [7, 11) is 0. The van der Waals surface area contributed by atoms with E-state index in [0.717, 1.165) is 18.8 Å². The highest BCUT2D eigenvalue weighted by molar-refractivity contribution is 5.87. The summed E-state index contributed by atoms with van der Waals surface area (Å²) in [6.07, 6.45) is 5.02. The van der Waals surface area contributed by atoms with Crippen LogP contribution in [0.1, 0.15) is 32.1 Å². The van der Waals surface area contributed by atoms with Crippen LogP contribution >= 0.6 is 0 Å². The minimum absolute atomic E-state index is 0.113. The highest BCUT2D eigenvalue weighted by Gasteiger charge is 2.53. The van der Waals surface area contributed by atoms with Crippen LogP contribution in [0.5, 0.6) is 0 Å². The smallest absolute Gasteiger partial charge is 0.326 e. The van der Waals surface area contributed by atoms with Gasteiger partial charge in [0.05, 0.1) is 0 Å². The molecule has 4 nitrogen and oxygen atoms in total. The van der Waals surface area contributed by atoms with Gasteiger partial charge in [-0.1, -0.05) is 0 Å². The molecule has 88 valence electrons. The van der Waals surface area contributed by atoms with Crippen LogP contribution in [0.25, 0.3) is 0 Å². The molecule has 0 bridgehead atoms. The van der Waals surface area contributed by atoms with Crippen LogP contribution in [0.2, 0.25) is 0 Å². The number of likely N-dealkylation sites (tertiary alicyclic amines) is 1. The topological polar surface area (TPSA) is 57.6 Å². The molecular formula is C12H17NO3. The van der Waals surface area contributed by atoms with Gasteiger partial charge in [0.25, 0.3) is 0 Å². The number of aliphatic carboxylic acids is 1. The maximum atomic E-state index is 12.1. The Morgan fingerprint density at radius 1 is 1.19 bits per heavy atom. The lowest BCUT2D eigenvalue weighted by atomic mass is 10.2. The molecule has 16 heavy (non-hydrogen) atoms. The van der Waals surface area contributed by atoms with Crippen molar-refractivity contribution in [1.29, 1.82) is 0 Å². The highest BCUT2D eigenvalue weighted by atomic mass is 16.4. The lowest BCUT2D eigenvalue weighted by Gasteiger charge is -2.21. The molecular weight excluding hydrogens is 206 g/mol. The molecule has 0 aromatic rings. The number of nitrogens with zero attached hydrogens (tertiary/aromatic N) is 1. The third kappa shape index (κ3) is 1.60. The number of hydrogen-bond donors (Lipinski definition) is 1. The van der Waals surface area contributed by atoms with Crippen molar-refractivity contribution in [2.75, 3.05) is 6.54 Å². The van der Waals surface area contributed by atoms with Crippen LogP contribution < -0.4 is 0 Å². The Bertz CT molecular complexity index is 337. The first-order chi connectivity index (χ1) is 7.68. The Hall–Kier alpha value is -1.06. The average Bonchev–Trinajstić information content (AvgIpc) is 3.11. The summed E-state index contributed by atoms with van der Waals surface area (Å²) in [6, 6.07) is -0.548. The van der Waals surface area contributed by atoms with Crippen LogP contribution in [0.4, 0.5) is 0 Å². The Morgan fingerprint density at radius 2 is 1.94 bits per heavy atom. The molecule has 0 spiro atoms. The van der Waals surface area contributed by atoms with Gasteiger partial charge in [-0.25, -0.2) is 4.79 Å². The maximum Gasteiger partial charge on any atom is 0.326 e. The third-order valence-corrected chi connectivity index (χ3v) is 4.21. The van der Waals surface area contributed by atoms with Gasteiger partial charge in [0, 0.05) is 12.5 Å². The largest absolute Gasteiger partial charge is 0.480 e. The predicted octanol–water partition coefficient (Wildman–Crippen LogP) is 1.11. The van der Waals surface area contributed by atoms with Gasteiger partial charge in [0.2, 0.25) is 5.91 Å². The monoisotopic (exact) mass is 223 g/mol. The van der Waals surface area contributed by atoms with Crippen molar-refractivity contribution < 1.29 is 14.7 Å². The Balaban J connectivity index is 1.63. The van der Waals surface area contributed by atoms with Crippen LogP contribution in [0, 0.1) is 17.8 Å². The van der Waals surface area contributed by atoms with Crippen LogP contribution in [0.15, 0.2) is 0 Å². The summed E-state index contributed by atoms with van der Waals surface area (Å²) in [4.78, 5) is 24.7. The Labute approximate surface area is 94.6 Å². The fraction of sp³-hybridized carbons (Fsp3) is 0.833. The van der Waals surface area contributed by atoms with E-state index in [-0.39, 0.29) is 11.8 Å². The number of rotatable bonds is 3. The van der Waals surface area contributed by atoms with Crippen molar-refractivity contribution >= 4 is 11.9 Å². The molecule has 3 aliphatic rings. The molecule has 4 heteroatoms. The normalized spacial score (nSPS) is 37.5. The quantitative estimate of drug-likeness (QED) is 0.779. The minimum Gasteiger partial charge on any atom is -0.480 e. The molecule has 1 aliphatic heterocycles. The van der Waals surface area contributed by atoms with E-state index >= 15 is 0 Å². The van der Waals surface area contributed by atoms with Crippen molar-refractivity contribution in [1.82, 2.24) is 4.90 Å². The Morgan fingerprint density at radius 3 is 2.56 bits per heavy atom. The molecule has 3 rings (SSSR count). The fourth-order valence-corrected chi connectivity index (χ4v) is 3.04. The molecule has 1 N–H and O–H groups in total. The van der Waals surface area contributed by atoms with Gasteiger partial charge in [-0.05, 0) is 43.9 Å². The van der Waals surface area contributed by atoms with Gasteiger partial charge < -0.3 is 10.0 Å². The lowest BCUT2D eigenvalue weighted by molar-refractivity contribution is -0.148. The van der Waals surface area contributed by atoms with Crippen molar-refractivity contribution in [3.63, 3.8) is 0 Å². The highest BCUT2D eigenvalue weighted by Crippen LogP contribution is 2.55. The van der Waals surface area contributed by atoms with E-state index in [1.165, 1.54) is 12.8 Å². The van der Waals surface area contributed by atoms with Gasteiger partial charge in [0.1, 0.15) is 6.04 Å². The van der Waals surface area contributed by atoms with Crippen LogP contribution in [-0.2, 0) is 9.59 Å². The zero-order chi connectivity index (χ0) is 11.3. The van der Waals surface area contributed by atoms with Gasteiger partial charge in [0.15, 0.2) is 0 Å². The summed E-state index contributed by atoms with van der Waals surface area (Å²) in [5.41, 5.74) is 0. The summed E-state index contributed by atoms with van der Waals surface area (Å²) >= 11 is 0. The fourth-order valence-electron chi connectivity index (χ4n) is 3.04. The van der Waals surface area contributed by atoms with E-state index in [0.29, 0.717) is 18.9 Å². The standard InChI is InChI=1S/C12H17NO3/c14-11(9-6-8(9)7-3-4-7)13-5-1-2-10(13)12(15)16/h7-10H,1-6H2,(H,15,16)/t8?,9?,10-/m1/s1. The van der Waals surface area contributed by atoms with E-state index in [2.05, 4.69) is 0 Å². The molecule has 1 heterocycles. The maximum absolute atomic E-state index is 12.1. The SMILES string of the molecule is O=C(O)[C@H]1CCCN1C(=O)C1CC1C1CC1. The van der Waals surface area contributed by atoms with Crippen LogP contribution in [0.3, 0.4) is 0 Å². The van der Waals surface area contributed by atoms with Gasteiger partial charge >= 0.3 is 5.97 Å². The van der Waals surface area contributed by atoms with Crippen molar-refractivity contribution in [2.45, 2.75) is 38.1 Å². The summed E-state index contributed by atoms with van der Waals surface area (Å²) in [6.45, 7) is 0.643. The van der Waals surface area contributed by atoms with Gasteiger partial charge in [-0.2, -0.15) is 0 Å². The van der Waals surface area contributed by atoms with E-state index in [9.17, 15) is 9.59 Å². The molecule has 1 saturated heterocycles. The zero-order valence-corrected chi connectivity index (χ0v) is 9.26. The molecule has 2 unspecified atom stereocenters. The number of carbonyl (C=O) groups excluding carboxylic acids is 1. The molecule has 2 aliphatic carbocycles. The average molecular weight is 223 g/mol. The minimum atomic E-state index is -0.838. The number of carboxylic acids is 1. The Kier molecular flexibility index (Phi) is 2.19. The van der Waals surface area contributed by atoms with E-state index in [1.54, 1.807) is 4.90 Å². The van der Waals surface area contributed by atoms with Gasteiger partial charge in [-0.3, -0.25) is 4.79 Å². The van der Waals surface area contributed by atoms with E-state index < -0.39 is 12.0 Å². The summed E-state index contributed by atoms with van der Waals surface area (Å²) in [5.74, 6) is 0.797. The molecule has 2 saturated carbocycles. The third-order valence-electron chi connectivity index (χ3n) is 4.21. The molecule has 0 radical (unpaired) electrons. The van der Waals surface area contributed by atoms with Crippen molar-refractivity contribution in [2.24, 2.45) is 17.8 Å². The first-order valence-corrected chi connectivity index (χ1v) is 6.22. The zero-order valence-electron chi connectivity index (χ0n) is 9.26. The number of carboxylic acid groups (broad SMARTS) is 1. The van der Waals surface area contributed by atoms with E-state index in [1.807, 2.05) is 0 Å². The molecule has 0 aromatic carbocycles. The first kappa shape index (κ1) is 10.1. The van der Waals surface area contributed by atoms with Crippen molar-refractivity contribution in [3.05, 3.63) is 0 Å². The predicted molar refractivity (Wildman–Crippen MR) is 56.7 cm³/mol. The van der Waals surface area contributed by atoms with E-state index in [4.69, 9.17) is 5.11 Å². The summed E-state index contributed by atoms with van der Waals surface area (Å²) in [5, 5.41) is 9.03. The second kappa shape index (κ2) is 3.47. The number of carbonyl (C=O) groups is 2. The molecule has 3 fully saturated rings. The second-order valence-electron chi connectivity index (χ2n) is 5.37. The number of hydrogen-bond acceptors (Lipinski definition) is 2. The first-order valence-electron chi connectivity index (χ1n) is 6.22. The molecule has 0 aromatic heterocycles. The number of amides is 1. The summed E-state index contributed by atoms with van der Waals surface area (Å²) < 4.78 is 0. The van der Waals surface area contributed by atoms with Crippen molar-refractivity contribution in [3.8, 4) is 0 Å². The van der Waals surface area contributed by atoms with Gasteiger partial charge in [-0.15, -0.1) is 0 Å². The lowest BCUT2D eigenvalue weighted by Crippen LogP contribution is -2.41. The van der Waals surface area contributed by atoms with Crippen LogP contribution in [-0.4, -0.2) is 34.5 Å². The molecule has 3 atom stereocenters. The molecule has 1 amide bonds. The second-order valence-corrected chi connectivity index (χ2v) is 5.37.